The predicted molar refractivity (Wildman–Crippen MR) is 76.6 cm³/mol. The molecule has 1 aromatic heterocycles. The Hall–Kier alpha value is -0.830. The zero-order valence-corrected chi connectivity index (χ0v) is 12.2. The van der Waals surface area contributed by atoms with Crippen molar-refractivity contribution in [2.75, 3.05) is 0 Å². The highest BCUT2D eigenvalue weighted by atomic mass is 35.5. The van der Waals surface area contributed by atoms with Gasteiger partial charge in [-0.15, -0.1) is 0 Å². The van der Waals surface area contributed by atoms with Crippen molar-refractivity contribution < 1.29 is 0 Å². The topological polar surface area (TPSA) is 25.8 Å². The molecule has 2 nitrogen and oxygen atoms in total. The Balaban J connectivity index is 2.62. The van der Waals surface area contributed by atoms with E-state index in [-0.39, 0.29) is 0 Å². The van der Waals surface area contributed by atoms with E-state index >= 15 is 0 Å². The summed E-state index contributed by atoms with van der Waals surface area (Å²) in [5, 5.41) is 1.39. The lowest BCUT2D eigenvalue weighted by atomic mass is 10.1. The highest BCUT2D eigenvalue weighted by molar-refractivity contribution is 6.43. The van der Waals surface area contributed by atoms with Crippen molar-refractivity contribution in [1.82, 2.24) is 9.97 Å². The van der Waals surface area contributed by atoms with Crippen LogP contribution < -0.4 is 0 Å². The number of hydrogen-bond acceptors (Lipinski definition) is 2. The second-order valence-corrected chi connectivity index (χ2v) is 5.00. The molecule has 0 atom stereocenters. The average Bonchev–Trinajstić information content (AvgIpc) is 2.32. The molecule has 0 bridgehead atoms. The van der Waals surface area contributed by atoms with Crippen molar-refractivity contribution in [3.8, 4) is 11.4 Å². The van der Waals surface area contributed by atoms with E-state index in [2.05, 4.69) is 9.97 Å². The van der Waals surface area contributed by atoms with Crippen LogP contribution >= 0.6 is 34.8 Å². The number of hydrogen-bond donors (Lipinski definition) is 0. The highest BCUT2D eigenvalue weighted by Crippen LogP contribution is 2.32. The van der Waals surface area contributed by atoms with Gasteiger partial charge in [-0.25, -0.2) is 9.97 Å². The smallest absolute Gasteiger partial charge is 0.162 e. The average molecular weight is 302 g/mol. The van der Waals surface area contributed by atoms with Crippen LogP contribution in [-0.2, 0) is 6.42 Å². The lowest BCUT2D eigenvalue weighted by molar-refractivity contribution is 1.00. The van der Waals surface area contributed by atoms with Gasteiger partial charge < -0.3 is 0 Å². The summed E-state index contributed by atoms with van der Waals surface area (Å²) in [7, 11) is 0. The molecule has 0 N–H and O–H groups in total. The lowest BCUT2D eigenvalue weighted by Gasteiger charge is -2.09. The summed E-state index contributed by atoms with van der Waals surface area (Å²) in [5.74, 6) is 0.502. The van der Waals surface area contributed by atoms with Crippen LogP contribution in [0.3, 0.4) is 0 Å². The number of nitrogens with zero attached hydrogens (tertiary/aromatic N) is 2. The number of aryl methyl sites for hydroxylation is 1. The van der Waals surface area contributed by atoms with Crippen LogP contribution in [0.1, 0.15) is 18.2 Å². The first-order valence-corrected chi connectivity index (χ1v) is 6.65. The van der Waals surface area contributed by atoms with Gasteiger partial charge in [0.15, 0.2) is 5.82 Å². The standard InChI is InChI=1S/C13H11Cl3N2/c1-3-8-7(2)17-13(18-12(8)16)9-5-4-6-10(14)11(9)15/h4-6H,3H2,1-2H3. The molecule has 0 spiro atoms. The highest BCUT2D eigenvalue weighted by Gasteiger charge is 2.13. The van der Waals surface area contributed by atoms with Gasteiger partial charge >= 0.3 is 0 Å². The minimum absolute atomic E-state index is 0.443. The van der Waals surface area contributed by atoms with Crippen LogP contribution in [0.4, 0.5) is 0 Å². The molecule has 0 saturated carbocycles. The zero-order valence-electron chi connectivity index (χ0n) is 9.97. The Labute approximate surface area is 121 Å². The van der Waals surface area contributed by atoms with E-state index in [1.807, 2.05) is 26.0 Å². The van der Waals surface area contributed by atoms with E-state index in [0.717, 1.165) is 17.7 Å². The van der Waals surface area contributed by atoms with E-state index in [1.165, 1.54) is 0 Å². The third-order valence-corrected chi connectivity index (χ3v) is 3.84. The SMILES string of the molecule is CCc1c(C)nc(-c2cccc(Cl)c2Cl)nc1Cl. The first-order chi connectivity index (χ1) is 8.54. The van der Waals surface area contributed by atoms with Crippen LogP contribution in [0.2, 0.25) is 15.2 Å². The molecule has 0 fully saturated rings. The molecule has 0 aliphatic rings. The van der Waals surface area contributed by atoms with Crippen molar-refractivity contribution in [2.45, 2.75) is 20.3 Å². The maximum absolute atomic E-state index is 6.15. The molecule has 5 heteroatoms. The number of benzene rings is 1. The molecule has 0 aliphatic carbocycles. The summed E-state index contributed by atoms with van der Waals surface area (Å²) >= 11 is 18.3. The molecule has 94 valence electrons. The molecule has 1 heterocycles. The van der Waals surface area contributed by atoms with E-state index < -0.39 is 0 Å². The van der Waals surface area contributed by atoms with Gasteiger partial charge in [0.2, 0.25) is 0 Å². The summed E-state index contributed by atoms with van der Waals surface area (Å²) in [4.78, 5) is 8.73. The molecular formula is C13H11Cl3N2. The van der Waals surface area contributed by atoms with Crippen molar-refractivity contribution in [3.63, 3.8) is 0 Å². The maximum Gasteiger partial charge on any atom is 0.162 e. The lowest BCUT2D eigenvalue weighted by Crippen LogP contribution is -1.99. The van der Waals surface area contributed by atoms with Crippen molar-refractivity contribution >= 4 is 34.8 Å². The summed E-state index contributed by atoms with van der Waals surface area (Å²) in [6.45, 7) is 3.93. The quantitative estimate of drug-likeness (QED) is 0.731. The maximum atomic E-state index is 6.15. The van der Waals surface area contributed by atoms with Crippen LogP contribution in [0.25, 0.3) is 11.4 Å². The van der Waals surface area contributed by atoms with Crippen LogP contribution in [-0.4, -0.2) is 9.97 Å². The van der Waals surface area contributed by atoms with Crippen LogP contribution in [0, 0.1) is 6.92 Å². The second kappa shape index (κ2) is 5.43. The van der Waals surface area contributed by atoms with E-state index in [1.54, 1.807) is 6.07 Å². The van der Waals surface area contributed by atoms with Gasteiger partial charge in [0, 0.05) is 16.8 Å². The van der Waals surface area contributed by atoms with Gasteiger partial charge in [0.05, 0.1) is 10.0 Å². The summed E-state index contributed by atoms with van der Waals surface area (Å²) < 4.78 is 0. The van der Waals surface area contributed by atoms with Gasteiger partial charge in [-0.05, 0) is 25.5 Å². The van der Waals surface area contributed by atoms with Crippen LogP contribution in [0.5, 0.6) is 0 Å². The minimum Gasteiger partial charge on any atom is -0.233 e. The third-order valence-electron chi connectivity index (χ3n) is 2.71. The molecule has 0 aliphatic heterocycles. The van der Waals surface area contributed by atoms with Gasteiger partial charge in [0.1, 0.15) is 5.15 Å². The second-order valence-electron chi connectivity index (χ2n) is 3.86. The Bertz CT molecular complexity index is 574. The van der Waals surface area contributed by atoms with Crippen molar-refractivity contribution in [3.05, 3.63) is 44.7 Å². The minimum atomic E-state index is 0.443. The van der Waals surface area contributed by atoms with Gasteiger partial charge in [-0.2, -0.15) is 0 Å². The van der Waals surface area contributed by atoms with E-state index in [0.29, 0.717) is 26.6 Å². The van der Waals surface area contributed by atoms with Crippen molar-refractivity contribution in [2.24, 2.45) is 0 Å². The van der Waals surface area contributed by atoms with E-state index in [4.69, 9.17) is 34.8 Å². The molecular weight excluding hydrogens is 291 g/mol. The Kier molecular flexibility index (Phi) is 4.10. The largest absolute Gasteiger partial charge is 0.233 e. The summed E-state index contributed by atoms with van der Waals surface area (Å²) in [6.07, 6.45) is 0.800. The fraction of sp³-hybridized carbons (Fsp3) is 0.231. The molecule has 0 amide bonds. The fourth-order valence-electron chi connectivity index (χ4n) is 1.76. The van der Waals surface area contributed by atoms with Gasteiger partial charge in [-0.1, -0.05) is 47.8 Å². The molecule has 0 unspecified atom stereocenters. The number of aromatic nitrogens is 2. The molecule has 1 aromatic carbocycles. The summed E-state index contributed by atoms with van der Waals surface area (Å²) in [6, 6.07) is 5.36. The first-order valence-electron chi connectivity index (χ1n) is 5.52. The summed E-state index contributed by atoms with van der Waals surface area (Å²) in [5.41, 5.74) is 2.51. The number of halogens is 3. The molecule has 2 rings (SSSR count). The molecule has 2 aromatic rings. The van der Waals surface area contributed by atoms with E-state index in [9.17, 15) is 0 Å². The van der Waals surface area contributed by atoms with Gasteiger partial charge in [0.25, 0.3) is 0 Å². The molecule has 18 heavy (non-hydrogen) atoms. The first kappa shape index (κ1) is 13.6. The van der Waals surface area contributed by atoms with Crippen LogP contribution in [0.15, 0.2) is 18.2 Å². The Morgan fingerprint density at radius 3 is 2.44 bits per heavy atom. The normalized spacial score (nSPS) is 10.7. The fourth-order valence-corrected chi connectivity index (χ4v) is 2.50. The van der Waals surface area contributed by atoms with Gasteiger partial charge in [-0.3, -0.25) is 0 Å². The third kappa shape index (κ3) is 2.46. The Morgan fingerprint density at radius 2 is 1.83 bits per heavy atom. The molecule has 0 radical (unpaired) electrons. The Morgan fingerprint density at radius 1 is 1.11 bits per heavy atom. The zero-order chi connectivity index (χ0) is 13.3. The monoisotopic (exact) mass is 300 g/mol. The predicted octanol–water partition coefficient (Wildman–Crippen LogP) is 4.97. The number of rotatable bonds is 2. The van der Waals surface area contributed by atoms with Crippen molar-refractivity contribution in [1.29, 1.82) is 0 Å². The molecule has 0 saturated heterocycles.